The summed E-state index contributed by atoms with van der Waals surface area (Å²) in [5.41, 5.74) is -0.399. The Kier molecular flexibility index (Phi) is 4.89. The molecule has 1 N–H and O–H groups in total. The molecule has 0 atom stereocenters. The van der Waals surface area contributed by atoms with E-state index in [1.165, 1.54) is 0 Å². The first-order valence-electron chi connectivity index (χ1n) is 5.84. The van der Waals surface area contributed by atoms with E-state index in [1.54, 1.807) is 0 Å². The van der Waals surface area contributed by atoms with Crippen LogP contribution in [0, 0.1) is 0 Å². The zero-order valence-electron chi connectivity index (χ0n) is 10.5. The van der Waals surface area contributed by atoms with E-state index in [9.17, 15) is 0 Å². The largest absolute Gasteiger partial charge is 0.367 e. The third-order valence-corrected chi connectivity index (χ3v) is 2.77. The standard InChI is InChI=1S/C11H21N3O2/c1-5-11(6-2,15-7-3)10-13-9(8-12-4)16-14-10/h12H,5-8H2,1-4H3. The molecule has 5 nitrogen and oxygen atoms in total. The normalized spacial score (nSPS) is 12.0. The summed E-state index contributed by atoms with van der Waals surface area (Å²) in [7, 11) is 1.85. The monoisotopic (exact) mass is 227 g/mol. The fourth-order valence-electron chi connectivity index (χ4n) is 1.77. The summed E-state index contributed by atoms with van der Waals surface area (Å²) in [5.74, 6) is 1.26. The molecule has 0 amide bonds. The van der Waals surface area contributed by atoms with Crippen molar-refractivity contribution in [2.24, 2.45) is 0 Å². The van der Waals surface area contributed by atoms with Gasteiger partial charge in [0, 0.05) is 6.61 Å². The van der Waals surface area contributed by atoms with Gasteiger partial charge in [0.1, 0.15) is 5.60 Å². The molecular weight excluding hydrogens is 206 g/mol. The van der Waals surface area contributed by atoms with Crippen LogP contribution in [0.2, 0.25) is 0 Å². The quantitative estimate of drug-likeness (QED) is 0.770. The molecule has 0 bridgehead atoms. The fourth-order valence-corrected chi connectivity index (χ4v) is 1.77. The van der Waals surface area contributed by atoms with E-state index in [4.69, 9.17) is 9.26 Å². The van der Waals surface area contributed by atoms with Crippen LogP contribution in [0.25, 0.3) is 0 Å². The lowest BCUT2D eigenvalue weighted by molar-refractivity contribution is -0.0583. The van der Waals surface area contributed by atoms with Crippen LogP contribution in [0.4, 0.5) is 0 Å². The Morgan fingerprint density at radius 3 is 2.50 bits per heavy atom. The topological polar surface area (TPSA) is 60.2 Å². The molecule has 1 aromatic heterocycles. The highest BCUT2D eigenvalue weighted by Crippen LogP contribution is 2.30. The third-order valence-electron chi connectivity index (χ3n) is 2.77. The molecule has 0 aliphatic rings. The minimum atomic E-state index is -0.399. The van der Waals surface area contributed by atoms with Gasteiger partial charge < -0.3 is 14.6 Å². The Balaban J connectivity index is 2.91. The van der Waals surface area contributed by atoms with E-state index in [-0.39, 0.29) is 0 Å². The van der Waals surface area contributed by atoms with Crippen molar-refractivity contribution in [3.05, 3.63) is 11.7 Å². The van der Waals surface area contributed by atoms with Crippen LogP contribution in [0.15, 0.2) is 4.52 Å². The van der Waals surface area contributed by atoms with Crippen LogP contribution >= 0.6 is 0 Å². The van der Waals surface area contributed by atoms with Gasteiger partial charge >= 0.3 is 0 Å². The first-order chi connectivity index (χ1) is 7.72. The van der Waals surface area contributed by atoms with Crippen molar-refractivity contribution in [1.82, 2.24) is 15.5 Å². The van der Waals surface area contributed by atoms with Gasteiger partial charge in [-0.3, -0.25) is 0 Å². The maximum absolute atomic E-state index is 5.80. The molecule has 0 aliphatic carbocycles. The molecule has 0 fully saturated rings. The number of ether oxygens (including phenoxy) is 1. The average Bonchev–Trinajstić information content (AvgIpc) is 2.76. The van der Waals surface area contributed by atoms with E-state index in [1.807, 2.05) is 14.0 Å². The van der Waals surface area contributed by atoms with Crippen LogP contribution in [0.5, 0.6) is 0 Å². The molecule has 0 radical (unpaired) electrons. The molecule has 1 aromatic rings. The molecule has 1 heterocycles. The lowest BCUT2D eigenvalue weighted by atomic mass is 9.96. The van der Waals surface area contributed by atoms with E-state index in [2.05, 4.69) is 29.3 Å². The minimum Gasteiger partial charge on any atom is -0.367 e. The summed E-state index contributed by atoms with van der Waals surface area (Å²) >= 11 is 0. The van der Waals surface area contributed by atoms with Crippen LogP contribution in [0.1, 0.15) is 45.3 Å². The van der Waals surface area contributed by atoms with Crippen molar-refractivity contribution >= 4 is 0 Å². The molecule has 0 saturated carbocycles. The highest BCUT2D eigenvalue weighted by Gasteiger charge is 2.34. The summed E-state index contributed by atoms with van der Waals surface area (Å²) < 4.78 is 11.0. The van der Waals surface area contributed by atoms with Gasteiger partial charge in [-0.15, -0.1) is 0 Å². The van der Waals surface area contributed by atoms with Crippen LogP contribution < -0.4 is 5.32 Å². The second kappa shape index (κ2) is 5.96. The summed E-state index contributed by atoms with van der Waals surface area (Å²) in [5, 5.41) is 7.00. The summed E-state index contributed by atoms with van der Waals surface area (Å²) in [6.07, 6.45) is 1.69. The molecule has 0 aromatic carbocycles. The van der Waals surface area contributed by atoms with Gasteiger partial charge in [0.2, 0.25) is 11.7 Å². The SMILES string of the molecule is CCOC(CC)(CC)c1noc(CNC)n1. The van der Waals surface area contributed by atoms with Gasteiger partial charge in [0.05, 0.1) is 6.54 Å². The number of nitrogens with zero attached hydrogens (tertiary/aromatic N) is 2. The highest BCUT2D eigenvalue weighted by molar-refractivity contribution is 5.01. The average molecular weight is 227 g/mol. The Hall–Kier alpha value is -0.940. The number of nitrogens with one attached hydrogen (secondary N) is 1. The van der Waals surface area contributed by atoms with Crippen molar-refractivity contribution in [3.63, 3.8) is 0 Å². The smallest absolute Gasteiger partial charge is 0.240 e. The van der Waals surface area contributed by atoms with Crippen LogP contribution in [0.3, 0.4) is 0 Å². The van der Waals surface area contributed by atoms with Gasteiger partial charge in [0.15, 0.2) is 0 Å². The maximum atomic E-state index is 5.80. The Bertz CT molecular complexity index is 308. The lowest BCUT2D eigenvalue weighted by Crippen LogP contribution is -2.29. The summed E-state index contributed by atoms with van der Waals surface area (Å²) in [4.78, 5) is 4.37. The fraction of sp³-hybridized carbons (Fsp3) is 0.818. The van der Waals surface area contributed by atoms with Crippen molar-refractivity contribution in [2.75, 3.05) is 13.7 Å². The maximum Gasteiger partial charge on any atom is 0.240 e. The Morgan fingerprint density at radius 2 is 2.00 bits per heavy atom. The molecule has 0 saturated heterocycles. The second-order valence-corrected chi connectivity index (χ2v) is 3.68. The van der Waals surface area contributed by atoms with Crippen LogP contribution in [-0.4, -0.2) is 23.8 Å². The lowest BCUT2D eigenvalue weighted by Gasteiger charge is -2.27. The van der Waals surface area contributed by atoms with Crippen molar-refractivity contribution in [2.45, 2.75) is 45.8 Å². The molecule has 5 heteroatoms. The van der Waals surface area contributed by atoms with Gasteiger partial charge in [0.25, 0.3) is 0 Å². The van der Waals surface area contributed by atoms with E-state index in [0.29, 0.717) is 24.9 Å². The van der Waals surface area contributed by atoms with Gasteiger partial charge in [-0.25, -0.2) is 0 Å². The summed E-state index contributed by atoms with van der Waals surface area (Å²) in [6.45, 7) is 7.37. The molecular formula is C11H21N3O2. The highest BCUT2D eigenvalue weighted by atomic mass is 16.5. The van der Waals surface area contributed by atoms with Crippen LogP contribution in [-0.2, 0) is 16.9 Å². The molecule has 0 unspecified atom stereocenters. The van der Waals surface area contributed by atoms with Crippen molar-refractivity contribution < 1.29 is 9.26 Å². The summed E-state index contributed by atoms with van der Waals surface area (Å²) in [6, 6.07) is 0. The predicted octanol–water partition coefficient (Wildman–Crippen LogP) is 1.84. The molecule has 0 spiro atoms. The minimum absolute atomic E-state index is 0.399. The van der Waals surface area contributed by atoms with Gasteiger partial charge in [-0.05, 0) is 26.8 Å². The van der Waals surface area contributed by atoms with Crippen molar-refractivity contribution in [1.29, 1.82) is 0 Å². The molecule has 1 rings (SSSR count). The number of hydrogen-bond donors (Lipinski definition) is 1. The third kappa shape index (κ3) is 2.59. The van der Waals surface area contributed by atoms with E-state index < -0.39 is 5.60 Å². The number of aromatic nitrogens is 2. The van der Waals surface area contributed by atoms with Crippen molar-refractivity contribution in [3.8, 4) is 0 Å². The molecule has 92 valence electrons. The zero-order chi connectivity index (χ0) is 12.0. The number of hydrogen-bond acceptors (Lipinski definition) is 5. The first-order valence-corrected chi connectivity index (χ1v) is 5.84. The second-order valence-electron chi connectivity index (χ2n) is 3.68. The Morgan fingerprint density at radius 1 is 1.31 bits per heavy atom. The van der Waals surface area contributed by atoms with E-state index in [0.717, 1.165) is 12.8 Å². The zero-order valence-corrected chi connectivity index (χ0v) is 10.5. The predicted molar refractivity (Wildman–Crippen MR) is 60.9 cm³/mol. The molecule has 16 heavy (non-hydrogen) atoms. The van der Waals surface area contributed by atoms with Gasteiger partial charge in [-0.2, -0.15) is 4.98 Å². The molecule has 0 aliphatic heterocycles. The van der Waals surface area contributed by atoms with Gasteiger partial charge in [-0.1, -0.05) is 19.0 Å². The first kappa shape index (κ1) is 13.1. The number of rotatable bonds is 7. The van der Waals surface area contributed by atoms with E-state index >= 15 is 0 Å². The Labute approximate surface area is 96.6 Å².